The van der Waals surface area contributed by atoms with Crippen LogP contribution in [0.5, 0.6) is 0 Å². The lowest BCUT2D eigenvalue weighted by molar-refractivity contribution is -0.111. The van der Waals surface area contributed by atoms with Gasteiger partial charge in [0, 0.05) is 20.8 Å². The van der Waals surface area contributed by atoms with Crippen LogP contribution in [0.15, 0.2) is 52.3 Å². The van der Waals surface area contributed by atoms with Crippen LogP contribution in [0.2, 0.25) is 0 Å². The first-order valence-electron chi connectivity index (χ1n) is 6.87. The molecule has 3 aromatic rings. The number of carbonyl (C=O) groups excluding carboxylic acids is 1. The molecular formula is C17H13BrN2OS2. The number of aryl methyl sites for hydroxylation is 1. The van der Waals surface area contributed by atoms with Crippen LogP contribution < -0.4 is 5.32 Å². The van der Waals surface area contributed by atoms with E-state index >= 15 is 0 Å². The van der Waals surface area contributed by atoms with Gasteiger partial charge in [-0.15, -0.1) is 22.7 Å². The number of nitrogens with one attached hydrogen (secondary N) is 1. The molecule has 0 spiro atoms. The monoisotopic (exact) mass is 404 g/mol. The Kier molecular flexibility index (Phi) is 5.05. The summed E-state index contributed by atoms with van der Waals surface area (Å²) in [7, 11) is 0. The molecule has 23 heavy (non-hydrogen) atoms. The third kappa shape index (κ3) is 4.37. The lowest BCUT2D eigenvalue weighted by Crippen LogP contribution is -2.07. The summed E-state index contributed by atoms with van der Waals surface area (Å²) in [5, 5.41) is 5.36. The normalized spacial score (nSPS) is 11.0. The summed E-state index contributed by atoms with van der Waals surface area (Å²) in [6, 6.07) is 11.9. The van der Waals surface area contributed by atoms with Crippen molar-refractivity contribution in [1.29, 1.82) is 0 Å². The maximum absolute atomic E-state index is 12.0. The van der Waals surface area contributed by atoms with Gasteiger partial charge in [0.1, 0.15) is 0 Å². The van der Waals surface area contributed by atoms with Gasteiger partial charge in [0.15, 0.2) is 5.13 Å². The number of hydrogen-bond donors (Lipinski definition) is 1. The molecule has 0 unspecified atom stereocenters. The molecule has 0 saturated heterocycles. The number of carbonyl (C=O) groups is 1. The average Bonchev–Trinajstić information content (AvgIpc) is 3.14. The molecule has 1 amide bonds. The van der Waals surface area contributed by atoms with E-state index in [1.54, 1.807) is 17.4 Å². The van der Waals surface area contributed by atoms with Gasteiger partial charge in [-0.2, -0.15) is 0 Å². The fraction of sp³-hybridized carbons (Fsp3) is 0.0588. The number of hydrogen-bond acceptors (Lipinski definition) is 4. The molecule has 1 aromatic carbocycles. The Bertz CT molecular complexity index is 867. The molecule has 1 N–H and O–H groups in total. The van der Waals surface area contributed by atoms with E-state index in [1.807, 2.05) is 35.7 Å². The van der Waals surface area contributed by atoms with E-state index in [2.05, 4.69) is 39.2 Å². The molecular weight excluding hydrogens is 392 g/mol. The maximum Gasteiger partial charge on any atom is 0.250 e. The number of thiophene rings is 1. The van der Waals surface area contributed by atoms with Crippen molar-refractivity contribution in [3.8, 4) is 10.6 Å². The third-order valence-electron chi connectivity index (χ3n) is 3.00. The zero-order valence-corrected chi connectivity index (χ0v) is 15.5. The van der Waals surface area contributed by atoms with Crippen molar-refractivity contribution in [2.45, 2.75) is 6.92 Å². The second-order valence-corrected chi connectivity index (χ2v) is 7.89. The highest BCUT2D eigenvalue weighted by molar-refractivity contribution is 9.10. The molecule has 0 aliphatic rings. The van der Waals surface area contributed by atoms with Crippen molar-refractivity contribution in [3.05, 3.63) is 62.8 Å². The third-order valence-corrected chi connectivity index (χ3v) is 5.28. The average molecular weight is 405 g/mol. The van der Waals surface area contributed by atoms with Crippen LogP contribution in [0.1, 0.15) is 10.4 Å². The Balaban J connectivity index is 1.65. The second-order valence-electron chi connectivity index (χ2n) is 4.83. The van der Waals surface area contributed by atoms with Gasteiger partial charge in [-0.3, -0.25) is 10.1 Å². The zero-order chi connectivity index (χ0) is 16.2. The van der Waals surface area contributed by atoms with E-state index in [9.17, 15) is 4.79 Å². The number of halogens is 1. The molecule has 0 aliphatic carbocycles. The molecule has 0 aliphatic heterocycles. The SMILES string of the molecule is Cc1ccc(-c2csc(NC(=O)/C=C/c3cccc(Br)c3)n2)s1. The van der Waals surface area contributed by atoms with Crippen LogP contribution in [0.4, 0.5) is 5.13 Å². The Labute approximate surface area is 150 Å². The van der Waals surface area contributed by atoms with Crippen LogP contribution in [-0.4, -0.2) is 10.9 Å². The van der Waals surface area contributed by atoms with Crippen molar-refractivity contribution in [3.63, 3.8) is 0 Å². The first-order valence-corrected chi connectivity index (χ1v) is 9.36. The highest BCUT2D eigenvalue weighted by Crippen LogP contribution is 2.30. The fourth-order valence-electron chi connectivity index (χ4n) is 1.95. The van der Waals surface area contributed by atoms with Crippen LogP contribution in [0.25, 0.3) is 16.6 Å². The second kappa shape index (κ2) is 7.21. The van der Waals surface area contributed by atoms with E-state index in [0.29, 0.717) is 5.13 Å². The molecule has 6 heteroatoms. The van der Waals surface area contributed by atoms with Crippen molar-refractivity contribution < 1.29 is 4.79 Å². The van der Waals surface area contributed by atoms with Crippen LogP contribution in [-0.2, 0) is 4.79 Å². The molecule has 3 nitrogen and oxygen atoms in total. The molecule has 0 bridgehead atoms. The predicted octanol–water partition coefficient (Wildman–Crippen LogP) is 5.59. The number of anilines is 1. The van der Waals surface area contributed by atoms with Gasteiger partial charge < -0.3 is 0 Å². The van der Waals surface area contributed by atoms with Crippen LogP contribution in [0.3, 0.4) is 0 Å². The number of aromatic nitrogens is 1. The summed E-state index contributed by atoms with van der Waals surface area (Å²) in [5.41, 5.74) is 1.86. The van der Waals surface area contributed by atoms with Gasteiger partial charge in [0.25, 0.3) is 0 Å². The van der Waals surface area contributed by atoms with Crippen molar-refractivity contribution in [2.75, 3.05) is 5.32 Å². The molecule has 0 radical (unpaired) electrons. The van der Waals surface area contributed by atoms with E-state index < -0.39 is 0 Å². The van der Waals surface area contributed by atoms with E-state index in [1.165, 1.54) is 22.3 Å². The minimum absolute atomic E-state index is 0.187. The van der Waals surface area contributed by atoms with Crippen LogP contribution in [0, 0.1) is 6.92 Å². The molecule has 116 valence electrons. The summed E-state index contributed by atoms with van der Waals surface area (Å²) >= 11 is 6.53. The predicted molar refractivity (Wildman–Crippen MR) is 102 cm³/mol. The minimum Gasteiger partial charge on any atom is -0.298 e. The molecule has 2 heterocycles. The Morgan fingerprint density at radius 3 is 2.91 bits per heavy atom. The smallest absolute Gasteiger partial charge is 0.250 e. The largest absolute Gasteiger partial charge is 0.298 e. The molecule has 0 saturated carbocycles. The summed E-state index contributed by atoms with van der Waals surface area (Å²) in [6.45, 7) is 2.07. The van der Waals surface area contributed by atoms with Crippen LogP contribution >= 0.6 is 38.6 Å². The van der Waals surface area contributed by atoms with Gasteiger partial charge >= 0.3 is 0 Å². The Morgan fingerprint density at radius 2 is 2.17 bits per heavy atom. The quantitative estimate of drug-likeness (QED) is 0.575. The topological polar surface area (TPSA) is 42.0 Å². The molecule has 3 rings (SSSR count). The first kappa shape index (κ1) is 16.1. The summed E-state index contributed by atoms with van der Waals surface area (Å²) in [5.74, 6) is -0.187. The standard InChI is InChI=1S/C17H13BrN2OS2/c1-11-5-7-15(23-11)14-10-22-17(19-14)20-16(21)8-6-12-3-2-4-13(18)9-12/h2-10H,1H3,(H,19,20,21)/b8-6+. The highest BCUT2D eigenvalue weighted by atomic mass is 79.9. The number of amides is 1. The Hall–Kier alpha value is -1.76. The highest BCUT2D eigenvalue weighted by Gasteiger charge is 2.07. The summed E-state index contributed by atoms with van der Waals surface area (Å²) < 4.78 is 0.982. The summed E-state index contributed by atoms with van der Waals surface area (Å²) in [4.78, 5) is 18.8. The number of nitrogens with zero attached hydrogens (tertiary/aromatic N) is 1. The Morgan fingerprint density at radius 1 is 1.30 bits per heavy atom. The number of rotatable bonds is 4. The van der Waals surface area contributed by atoms with E-state index in [0.717, 1.165) is 20.6 Å². The van der Waals surface area contributed by atoms with Crippen molar-refractivity contribution in [1.82, 2.24) is 4.98 Å². The maximum atomic E-state index is 12.0. The van der Waals surface area contributed by atoms with Gasteiger partial charge in [-0.1, -0.05) is 28.1 Å². The first-order chi connectivity index (χ1) is 11.1. The zero-order valence-electron chi connectivity index (χ0n) is 12.2. The number of benzene rings is 1. The molecule has 0 fully saturated rings. The van der Waals surface area contributed by atoms with Gasteiger partial charge in [-0.05, 0) is 42.8 Å². The van der Waals surface area contributed by atoms with Gasteiger partial charge in [0.05, 0.1) is 10.6 Å². The summed E-state index contributed by atoms with van der Waals surface area (Å²) in [6.07, 6.45) is 3.29. The van der Waals surface area contributed by atoms with Crippen molar-refractivity contribution in [2.24, 2.45) is 0 Å². The van der Waals surface area contributed by atoms with E-state index in [-0.39, 0.29) is 5.91 Å². The fourth-order valence-corrected chi connectivity index (χ4v) is 3.98. The lowest BCUT2D eigenvalue weighted by Gasteiger charge is -1.97. The molecule has 2 aromatic heterocycles. The minimum atomic E-state index is -0.187. The number of thiazole rings is 1. The van der Waals surface area contributed by atoms with Crippen molar-refractivity contribution >= 4 is 55.7 Å². The molecule has 0 atom stereocenters. The van der Waals surface area contributed by atoms with Gasteiger partial charge in [0.2, 0.25) is 5.91 Å². The van der Waals surface area contributed by atoms with E-state index in [4.69, 9.17) is 0 Å². The lowest BCUT2D eigenvalue weighted by atomic mass is 10.2. The van der Waals surface area contributed by atoms with Gasteiger partial charge in [-0.25, -0.2) is 4.98 Å².